The summed E-state index contributed by atoms with van der Waals surface area (Å²) in [4.78, 5) is 18.3. The largest absolute Gasteiger partial charge is 0.487 e. The van der Waals surface area contributed by atoms with E-state index in [-0.39, 0.29) is 39.9 Å². The minimum absolute atomic E-state index is 0.0587. The van der Waals surface area contributed by atoms with E-state index >= 15 is 0 Å². The number of hydrogen-bond donors (Lipinski definition) is 1. The number of halogens is 5. The number of para-hydroxylation sites is 1. The van der Waals surface area contributed by atoms with Crippen LogP contribution in [0.1, 0.15) is 45.6 Å². The number of benzene rings is 2. The second kappa shape index (κ2) is 13.9. The van der Waals surface area contributed by atoms with E-state index < -0.39 is 18.7 Å². The summed E-state index contributed by atoms with van der Waals surface area (Å²) in [5, 5.41) is 3.54. The van der Waals surface area contributed by atoms with Crippen LogP contribution in [0.2, 0.25) is 10.0 Å². The van der Waals surface area contributed by atoms with E-state index in [1.165, 1.54) is 48.0 Å². The lowest BCUT2D eigenvalue weighted by Crippen LogP contribution is -2.15. The number of pyridine rings is 1. The highest BCUT2D eigenvalue weighted by Gasteiger charge is 2.25. The molecule has 0 aliphatic rings. The topological polar surface area (TPSA) is 69.7 Å². The predicted octanol–water partition coefficient (Wildman–Crippen LogP) is 8.73. The van der Waals surface area contributed by atoms with Gasteiger partial charge in [-0.3, -0.25) is 4.98 Å². The molecule has 41 heavy (non-hydrogen) atoms. The minimum Gasteiger partial charge on any atom is -0.487 e. The van der Waals surface area contributed by atoms with Crippen LogP contribution < -0.4 is 14.8 Å². The SMILES string of the molecule is CC(C)Oc1cc([C@H](Cc2c(Cl)cncc2Cl)OC(=O)c2ccc(CNc3ccccc3F)s2)ccc1OC(F)F. The van der Waals surface area contributed by atoms with Gasteiger partial charge in [-0.15, -0.1) is 11.3 Å². The molecule has 0 aliphatic heterocycles. The molecular formula is C29H25Cl2F3N2O4S. The van der Waals surface area contributed by atoms with E-state index in [1.54, 1.807) is 44.2 Å². The fraction of sp³-hybridized carbons (Fsp3) is 0.241. The Morgan fingerprint density at radius 2 is 1.73 bits per heavy atom. The van der Waals surface area contributed by atoms with Gasteiger partial charge in [-0.1, -0.05) is 41.4 Å². The second-order valence-corrected chi connectivity index (χ2v) is 11.0. The van der Waals surface area contributed by atoms with Crippen LogP contribution in [0.25, 0.3) is 0 Å². The van der Waals surface area contributed by atoms with Crippen LogP contribution in [-0.4, -0.2) is 23.7 Å². The van der Waals surface area contributed by atoms with Crippen molar-refractivity contribution in [3.05, 3.63) is 104 Å². The Balaban J connectivity index is 1.60. The lowest BCUT2D eigenvalue weighted by Gasteiger charge is -2.22. The molecule has 0 amide bonds. The van der Waals surface area contributed by atoms with Crippen molar-refractivity contribution in [1.29, 1.82) is 0 Å². The molecule has 216 valence electrons. The molecule has 0 radical (unpaired) electrons. The number of nitrogens with zero attached hydrogens (tertiary/aromatic N) is 1. The Morgan fingerprint density at radius 1 is 1.00 bits per heavy atom. The number of carbonyl (C=O) groups is 1. The van der Waals surface area contributed by atoms with Gasteiger partial charge in [0.25, 0.3) is 0 Å². The van der Waals surface area contributed by atoms with Gasteiger partial charge in [-0.25, -0.2) is 9.18 Å². The van der Waals surface area contributed by atoms with Gasteiger partial charge < -0.3 is 19.5 Å². The van der Waals surface area contributed by atoms with E-state index in [2.05, 4.69) is 15.0 Å². The molecule has 0 bridgehead atoms. The summed E-state index contributed by atoms with van der Waals surface area (Å²) in [5.74, 6) is -1.11. The Kier molecular flexibility index (Phi) is 10.4. The Morgan fingerprint density at radius 3 is 2.41 bits per heavy atom. The monoisotopic (exact) mass is 624 g/mol. The number of aromatic nitrogens is 1. The fourth-order valence-electron chi connectivity index (χ4n) is 3.87. The second-order valence-electron chi connectivity index (χ2n) is 9.03. The highest BCUT2D eigenvalue weighted by molar-refractivity contribution is 7.13. The molecule has 2 heterocycles. The molecule has 1 N–H and O–H groups in total. The summed E-state index contributed by atoms with van der Waals surface area (Å²) in [6.45, 7) is 0.718. The molecular weight excluding hydrogens is 600 g/mol. The molecule has 0 saturated heterocycles. The van der Waals surface area contributed by atoms with Gasteiger partial charge >= 0.3 is 12.6 Å². The third-order valence-corrected chi connectivity index (χ3v) is 7.42. The van der Waals surface area contributed by atoms with Crippen molar-refractivity contribution in [2.75, 3.05) is 5.32 Å². The van der Waals surface area contributed by atoms with Crippen LogP contribution in [0.15, 0.2) is 67.0 Å². The van der Waals surface area contributed by atoms with Crippen LogP contribution in [-0.2, 0) is 17.7 Å². The molecule has 0 unspecified atom stereocenters. The summed E-state index contributed by atoms with van der Waals surface area (Å²) >= 11 is 13.9. The van der Waals surface area contributed by atoms with Crippen molar-refractivity contribution in [2.24, 2.45) is 0 Å². The lowest BCUT2D eigenvalue weighted by molar-refractivity contribution is -0.0519. The van der Waals surface area contributed by atoms with Gasteiger partial charge in [0.05, 0.1) is 21.8 Å². The standard InChI is InChI=1S/C29H25Cl2F3N2O4S/c1-16(2)38-26-11-17(7-9-24(26)40-29(33)34)25(12-19-20(30)14-35-15-21(19)31)39-28(37)27-10-8-18(41-27)13-36-23-6-4-3-5-22(23)32/h3-11,14-16,25,29,36H,12-13H2,1-2H3/t25-/m0/s1. The number of anilines is 1. The van der Waals surface area contributed by atoms with Crippen LogP contribution in [0.5, 0.6) is 11.5 Å². The van der Waals surface area contributed by atoms with Gasteiger partial charge in [0.15, 0.2) is 11.5 Å². The smallest absolute Gasteiger partial charge is 0.387 e. The van der Waals surface area contributed by atoms with Gasteiger partial charge in [-0.2, -0.15) is 8.78 Å². The maximum Gasteiger partial charge on any atom is 0.387 e. The van der Waals surface area contributed by atoms with Crippen molar-refractivity contribution in [1.82, 2.24) is 4.98 Å². The Bertz CT molecular complexity index is 1480. The summed E-state index contributed by atoms with van der Waals surface area (Å²) in [5.41, 5.74) is 1.27. The average molecular weight is 625 g/mol. The number of hydrogen-bond acceptors (Lipinski definition) is 7. The molecule has 2 aromatic carbocycles. The first-order valence-corrected chi connectivity index (χ1v) is 14.0. The van der Waals surface area contributed by atoms with Crippen LogP contribution in [0.3, 0.4) is 0 Å². The number of nitrogens with one attached hydrogen (secondary N) is 1. The third kappa shape index (κ3) is 8.28. The number of ether oxygens (including phenoxy) is 3. The van der Waals surface area contributed by atoms with E-state index in [0.29, 0.717) is 28.2 Å². The molecule has 12 heteroatoms. The Labute approximate surface area is 249 Å². The quantitative estimate of drug-likeness (QED) is 0.159. The molecule has 0 fully saturated rings. The summed E-state index contributed by atoms with van der Waals surface area (Å²) in [6, 6.07) is 14.0. The maximum absolute atomic E-state index is 13.9. The van der Waals surface area contributed by atoms with Crippen molar-refractivity contribution >= 4 is 46.2 Å². The van der Waals surface area contributed by atoms with E-state index in [4.69, 9.17) is 32.7 Å². The van der Waals surface area contributed by atoms with Crippen molar-refractivity contribution in [3.63, 3.8) is 0 Å². The minimum atomic E-state index is -3.06. The van der Waals surface area contributed by atoms with Crippen molar-refractivity contribution in [3.8, 4) is 11.5 Å². The molecule has 1 atom stereocenters. The maximum atomic E-state index is 13.9. The lowest BCUT2D eigenvalue weighted by atomic mass is 10.0. The predicted molar refractivity (Wildman–Crippen MR) is 153 cm³/mol. The van der Waals surface area contributed by atoms with Gasteiger partial charge in [0.1, 0.15) is 16.8 Å². The van der Waals surface area contributed by atoms with Crippen LogP contribution in [0.4, 0.5) is 18.9 Å². The summed E-state index contributed by atoms with van der Waals surface area (Å²) in [6.07, 6.45) is 1.62. The number of esters is 1. The van der Waals surface area contributed by atoms with Gasteiger partial charge in [0.2, 0.25) is 0 Å². The summed E-state index contributed by atoms with van der Waals surface area (Å²) in [7, 11) is 0. The highest BCUT2D eigenvalue weighted by atomic mass is 35.5. The number of thiophene rings is 1. The first-order valence-electron chi connectivity index (χ1n) is 12.4. The first kappa shape index (κ1) is 30.5. The Hall–Kier alpha value is -3.47. The highest BCUT2D eigenvalue weighted by Crippen LogP contribution is 2.37. The van der Waals surface area contributed by atoms with E-state index in [0.717, 1.165) is 4.88 Å². The van der Waals surface area contributed by atoms with Crippen molar-refractivity contribution in [2.45, 2.75) is 45.6 Å². The van der Waals surface area contributed by atoms with Gasteiger partial charge in [-0.05, 0) is 61.4 Å². The molecule has 4 rings (SSSR count). The zero-order valence-electron chi connectivity index (χ0n) is 21.9. The van der Waals surface area contributed by atoms with E-state index in [1.807, 2.05) is 0 Å². The molecule has 0 saturated carbocycles. The zero-order chi connectivity index (χ0) is 29.5. The average Bonchev–Trinajstić information content (AvgIpc) is 3.39. The molecule has 2 aromatic heterocycles. The number of carbonyl (C=O) groups excluding carboxylic acids is 1. The summed E-state index contributed by atoms with van der Waals surface area (Å²) < 4.78 is 56.2. The normalized spacial score (nSPS) is 11.9. The third-order valence-electron chi connectivity index (χ3n) is 5.70. The zero-order valence-corrected chi connectivity index (χ0v) is 24.2. The first-order chi connectivity index (χ1) is 19.6. The van der Waals surface area contributed by atoms with E-state index in [9.17, 15) is 18.0 Å². The number of rotatable bonds is 12. The molecule has 4 aromatic rings. The molecule has 0 spiro atoms. The van der Waals surface area contributed by atoms with Crippen LogP contribution >= 0.6 is 34.5 Å². The fourth-order valence-corrected chi connectivity index (χ4v) is 5.22. The number of alkyl halides is 2. The van der Waals surface area contributed by atoms with Gasteiger partial charge in [0, 0.05) is 30.2 Å². The molecule has 6 nitrogen and oxygen atoms in total. The van der Waals surface area contributed by atoms with Crippen LogP contribution in [0, 0.1) is 5.82 Å². The molecule has 0 aliphatic carbocycles. The van der Waals surface area contributed by atoms with Crippen molar-refractivity contribution < 1.29 is 32.2 Å².